The Balaban J connectivity index is 3.07. The number of sulfonamides is 1. The summed E-state index contributed by atoms with van der Waals surface area (Å²) in [6, 6.07) is 1.27. The average molecular weight is 308 g/mol. The van der Waals surface area contributed by atoms with Crippen molar-refractivity contribution in [3.63, 3.8) is 0 Å². The number of aliphatic hydroxyl groups excluding tert-OH is 1. The van der Waals surface area contributed by atoms with Crippen molar-refractivity contribution in [1.29, 1.82) is 0 Å². The molecule has 1 aromatic heterocycles. The van der Waals surface area contributed by atoms with Gasteiger partial charge >= 0.3 is 0 Å². The predicted octanol–water partition coefficient (Wildman–Crippen LogP) is 1.10. The molecule has 0 spiro atoms. The van der Waals surface area contributed by atoms with Crippen LogP contribution in [0.2, 0.25) is 5.02 Å². The molecule has 0 atom stereocenters. The molecule has 8 heteroatoms. The van der Waals surface area contributed by atoms with Crippen molar-refractivity contribution < 1.29 is 13.5 Å². The number of rotatable bonds is 7. The van der Waals surface area contributed by atoms with E-state index in [1.54, 1.807) is 0 Å². The van der Waals surface area contributed by atoms with E-state index in [0.29, 0.717) is 6.54 Å². The molecule has 0 saturated heterocycles. The highest BCUT2D eigenvalue weighted by atomic mass is 35.5. The third-order valence-corrected chi connectivity index (χ3v) is 4.76. The summed E-state index contributed by atoms with van der Waals surface area (Å²) in [5.41, 5.74) is 5.46. The van der Waals surface area contributed by atoms with Crippen LogP contribution in [0.3, 0.4) is 0 Å². The van der Waals surface area contributed by atoms with Gasteiger partial charge in [0.25, 0.3) is 0 Å². The minimum absolute atomic E-state index is 0.0174. The van der Waals surface area contributed by atoms with E-state index in [2.05, 4.69) is 4.98 Å². The van der Waals surface area contributed by atoms with Crippen molar-refractivity contribution >= 4 is 27.4 Å². The highest BCUT2D eigenvalue weighted by molar-refractivity contribution is 7.89. The SMILES string of the molecule is CCCCN(CCO)S(=O)(=O)c1cnc(N)c(Cl)c1. The first-order valence-corrected chi connectivity index (χ1v) is 7.77. The molecule has 0 aliphatic carbocycles. The van der Waals surface area contributed by atoms with E-state index in [0.717, 1.165) is 12.8 Å². The summed E-state index contributed by atoms with van der Waals surface area (Å²) in [6.45, 7) is 2.12. The first-order chi connectivity index (χ1) is 8.93. The number of unbranched alkanes of at least 4 members (excludes halogenated alkanes) is 1. The highest BCUT2D eigenvalue weighted by Crippen LogP contribution is 2.22. The number of aromatic nitrogens is 1. The van der Waals surface area contributed by atoms with Crippen molar-refractivity contribution in [3.8, 4) is 0 Å². The zero-order chi connectivity index (χ0) is 14.5. The van der Waals surface area contributed by atoms with Crippen LogP contribution >= 0.6 is 11.6 Å². The first-order valence-electron chi connectivity index (χ1n) is 5.95. The number of pyridine rings is 1. The Morgan fingerprint density at radius 2 is 2.16 bits per heavy atom. The molecule has 1 aromatic rings. The molecule has 0 aliphatic heterocycles. The Morgan fingerprint density at radius 1 is 1.47 bits per heavy atom. The lowest BCUT2D eigenvalue weighted by atomic mass is 10.3. The van der Waals surface area contributed by atoms with Crippen LogP contribution in [-0.2, 0) is 10.0 Å². The molecule has 0 unspecified atom stereocenters. The summed E-state index contributed by atoms with van der Waals surface area (Å²) in [4.78, 5) is 3.73. The van der Waals surface area contributed by atoms with Gasteiger partial charge in [0.2, 0.25) is 10.0 Å². The van der Waals surface area contributed by atoms with Crippen molar-refractivity contribution in [2.45, 2.75) is 24.7 Å². The molecule has 108 valence electrons. The molecule has 1 rings (SSSR count). The Hall–Kier alpha value is -0.890. The normalized spacial score (nSPS) is 12.0. The van der Waals surface area contributed by atoms with Gasteiger partial charge in [-0.1, -0.05) is 24.9 Å². The third-order valence-electron chi connectivity index (χ3n) is 2.59. The number of nitrogen functional groups attached to an aromatic ring is 1. The molecule has 3 N–H and O–H groups in total. The van der Waals surface area contributed by atoms with Gasteiger partial charge < -0.3 is 10.8 Å². The van der Waals surface area contributed by atoms with E-state index in [1.165, 1.54) is 16.6 Å². The molecule has 0 saturated carbocycles. The third kappa shape index (κ3) is 4.04. The second kappa shape index (κ2) is 7.04. The second-order valence-corrected chi connectivity index (χ2v) is 6.36. The van der Waals surface area contributed by atoms with Gasteiger partial charge in [0, 0.05) is 19.3 Å². The van der Waals surface area contributed by atoms with Gasteiger partial charge in [0.15, 0.2) is 0 Å². The maximum atomic E-state index is 12.4. The van der Waals surface area contributed by atoms with Gasteiger partial charge in [-0.15, -0.1) is 0 Å². The molecule has 0 bridgehead atoms. The molecule has 0 aliphatic rings. The van der Waals surface area contributed by atoms with Crippen LogP contribution in [0.25, 0.3) is 0 Å². The average Bonchev–Trinajstić information content (AvgIpc) is 2.37. The Morgan fingerprint density at radius 3 is 2.68 bits per heavy atom. The van der Waals surface area contributed by atoms with E-state index < -0.39 is 10.0 Å². The standard InChI is InChI=1S/C11H18ClN3O3S/c1-2-3-4-15(5-6-16)19(17,18)9-7-10(12)11(13)14-8-9/h7-8,16H,2-6H2,1H3,(H2,13,14). The van der Waals surface area contributed by atoms with E-state index in [9.17, 15) is 8.42 Å². The van der Waals surface area contributed by atoms with Crippen molar-refractivity contribution in [2.24, 2.45) is 0 Å². The van der Waals surface area contributed by atoms with Crippen LogP contribution in [0.4, 0.5) is 5.82 Å². The maximum absolute atomic E-state index is 12.4. The molecule has 0 radical (unpaired) electrons. The number of hydrogen-bond donors (Lipinski definition) is 2. The fourth-order valence-corrected chi connectivity index (χ4v) is 3.19. The lowest BCUT2D eigenvalue weighted by Gasteiger charge is -2.21. The van der Waals surface area contributed by atoms with Crippen molar-refractivity contribution in [1.82, 2.24) is 9.29 Å². The summed E-state index contributed by atoms with van der Waals surface area (Å²) < 4.78 is 26.0. The van der Waals surface area contributed by atoms with E-state index in [-0.39, 0.29) is 28.9 Å². The minimum Gasteiger partial charge on any atom is -0.395 e. The number of aliphatic hydroxyl groups is 1. The van der Waals surface area contributed by atoms with E-state index in [4.69, 9.17) is 22.4 Å². The maximum Gasteiger partial charge on any atom is 0.244 e. The summed E-state index contributed by atoms with van der Waals surface area (Å²) in [6.07, 6.45) is 2.75. The Labute approximate surface area is 118 Å². The van der Waals surface area contributed by atoms with Gasteiger partial charge in [-0.05, 0) is 12.5 Å². The monoisotopic (exact) mass is 307 g/mol. The summed E-state index contributed by atoms with van der Waals surface area (Å²) in [7, 11) is -3.70. The van der Waals surface area contributed by atoms with Crippen molar-refractivity contribution in [3.05, 3.63) is 17.3 Å². The summed E-state index contributed by atoms with van der Waals surface area (Å²) in [5, 5.41) is 9.07. The lowest BCUT2D eigenvalue weighted by molar-refractivity contribution is 0.252. The van der Waals surface area contributed by atoms with Crippen LogP contribution in [0.5, 0.6) is 0 Å². The van der Waals surface area contributed by atoms with E-state index >= 15 is 0 Å². The number of halogens is 1. The van der Waals surface area contributed by atoms with Crippen LogP contribution < -0.4 is 5.73 Å². The first kappa shape index (κ1) is 16.2. The quantitative estimate of drug-likeness (QED) is 0.786. The zero-order valence-corrected chi connectivity index (χ0v) is 12.3. The van der Waals surface area contributed by atoms with Gasteiger partial charge in [0.05, 0.1) is 11.6 Å². The Kier molecular flexibility index (Phi) is 5.99. The zero-order valence-electron chi connectivity index (χ0n) is 10.7. The highest BCUT2D eigenvalue weighted by Gasteiger charge is 2.24. The molecule has 0 amide bonds. The second-order valence-electron chi connectivity index (χ2n) is 4.02. The Bertz CT molecular complexity index is 522. The predicted molar refractivity (Wildman–Crippen MR) is 74.4 cm³/mol. The lowest BCUT2D eigenvalue weighted by Crippen LogP contribution is -2.34. The molecule has 0 fully saturated rings. The van der Waals surface area contributed by atoms with Crippen LogP contribution in [0.15, 0.2) is 17.2 Å². The van der Waals surface area contributed by atoms with E-state index in [1.807, 2.05) is 6.92 Å². The largest absolute Gasteiger partial charge is 0.395 e. The molecular formula is C11H18ClN3O3S. The topological polar surface area (TPSA) is 96.5 Å². The van der Waals surface area contributed by atoms with Crippen molar-refractivity contribution in [2.75, 3.05) is 25.4 Å². The number of hydrogen-bond acceptors (Lipinski definition) is 5. The molecule has 19 heavy (non-hydrogen) atoms. The summed E-state index contributed by atoms with van der Waals surface area (Å²) >= 11 is 5.79. The minimum atomic E-state index is -3.70. The molecule has 0 aromatic carbocycles. The molecular weight excluding hydrogens is 290 g/mol. The fourth-order valence-electron chi connectivity index (χ4n) is 1.52. The number of nitrogens with two attached hydrogens (primary N) is 1. The number of anilines is 1. The number of nitrogens with zero attached hydrogens (tertiary/aromatic N) is 2. The molecule has 6 nitrogen and oxygen atoms in total. The van der Waals surface area contributed by atoms with Gasteiger partial charge in [0.1, 0.15) is 10.7 Å². The summed E-state index contributed by atoms with van der Waals surface area (Å²) in [5.74, 6) is 0.0860. The van der Waals surface area contributed by atoms with Gasteiger partial charge in [-0.2, -0.15) is 4.31 Å². The fraction of sp³-hybridized carbons (Fsp3) is 0.545. The van der Waals surface area contributed by atoms with Crippen LogP contribution in [-0.4, -0.2) is 42.5 Å². The van der Waals surface area contributed by atoms with Crippen LogP contribution in [0.1, 0.15) is 19.8 Å². The van der Waals surface area contributed by atoms with Crippen LogP contribution in [0, 0.1) is 0 Å². The smallest absolute Gasteiger partial charge is 0.244 e. The van der Waals surface area contributed by atoms with Gasteiger partial charge in [-0.3, -0.25) is 0 Å². The molecule has 1 heterocycles. The van der Waals surface area contributed by atoms with Gasteiger partial charge in [-0.25, -0.2) is 13.4 Å².